The molecular weight excluding hydrogens is 961 g/mol. The molecule has 0 saturated carbocycles. The standard InChI is InChI=1S/C80H56/c1-79(2)74-45-60(55-22-20-52(21-23-55)50-16-18-51(19-17-50)53-28-31-57(32-29-53)64-42-43-73-66-13-8-7-12-65(66)72-15-9-14-71(64)78(72)73)34-38-67(74)69-40-36-62(47-76(69)79)63-37-41-70-68-39-35-61(46-75(68)80(3,4)77(70)48-63)56-26-24-54(25-27-56)59-33-30-49-10-5-6-11-58(49)44-59/h5-48H,1-4H3. The highest BCUT2D eigenvalue weighted by Crippen LogP contribution is 2.54. The second kappa shape index (κ2) is 17.4. The summed E-state index contributed by atoms with van der Waals surface area (Å²) in [6.07, 6.45) is 0. The zero-order chi connectivity index (χ0) is 53.4. The van der Waals surface area contributed by atoms with Gasteiger partial charge in [-0.25, -0.2) is 0 Å². The summed E-state index contributed by atoms with van der Waals surface area (Å²) in [5.41, 5.74) is 33.3. The minimum absolute atomic E-state index is 0.142. The van der Waals surface area contributed by atoms with Crippen LogP contribution in [0.2, 0.25) is 0 Å². The minimum atomic E-state index is -0.154. The van der Waals surface area contributed by atoms with Gasteiger partial charge >= 0.3 is 0 Å². The molecule has 0 aromatic heterocycles. The van der Waals surface area contributed by atoms with Crippen molar-refractivity contribution in [2.24, 2.45) is 0 Å². The van der Waals surface area contributed by atoms with Gasteiger partial charge in [0.25, 0.3) is 0 Å². The third kappa shape index (κ3) is 7.15. The molecule has 0 fully saturated rings. The Morgan fingerprint density at radius 1 is 0.188 bits per heavy atom. The van der Waals surface area contributed by atoms with E-state index in [1.54, 1.807) is 0 Å². The Balaban J connectivity index is 0.615. The Kier molecular flexibility index (Phi) is 10.1. The highest BCUT2D eigenvalue weighted by atomic mass is 14.4. The highest BCUT2D eigenvalue weighted by molar-refractivity contribution is 6.18. The fraction of sp³-hybridized carbons (Fsp3) is 0.0750. The molecule has 80 heavy (non-hydrogen) atoms. The average Bonchev–Trinajstić information content (AvgIpc) is 4.20. The molecule has 0 aliphatic heterocycles. The lowest BCUT2D eigenvalue weighted by Gasteiger charge is -2.24. The summed E-state index contributed by atoms with van der Waals surface area (Å²) in [6.45, 7) is 9.60. The van der Waals surface area contributed by atoms with E-state index in [-0.39, 0.29) is 10.8 Å². The largest absolute Gasteiger partial charge is 0.0616 e. The summed E-state index contributed by atoms with van der Waals surface area (Å²) >= 11 is 0. The molecule has 0 amide bonds. The van der Waals surface area contributed by atoms with Crippen molar-refractivity contribution in [1.29, 1.82) is 0 Å². The molecule has 3 aliphatic carbocycles. The Labute approximate surface area is 469 Å². The van der Waals surface area contributed by atoms with E-state index in [1.807, 2.05) is 0 Å². The molecule has 0 spiro atoms. The number of fused-ring (bicyclic) bond motifs is 10. The molecule has 0 nitrogen and oxygen atoms in total. The summed E-state index contributed by atoms with van der Waals surface area (Å²) in [7, 11) is 0. The van der Waals surface area contributed by atoms with Crippen LogP contribution in [0.4, 0.5) is 0 Å². The van der Waals surface area contributed by atoms with Crippen LogP contribution in [0.1, 0.15) is 49.9 Å². The minimum Gasteiger partial charge on any atom is -0.0616 e. The number of rotatable bonds is 7. The smallest absolute Gasteiger partial charge is 0.0159 e. The number of hydrogen-bond acceptors (Lipinski definition) is 0. The number of hydrogen-bond donors (Lipinski definition) is 0. The molecular formula is C80H56. The van der Waals surface area contributed by atoms with Gasteiger partial charge in [-0.2, -0.15) is 0 Å². The van der Waals surface area contributed by atoms with E-state index in [4.69, 9.17) is 0 Å². The van der Waals surface area contributed by atoms with Crippen LogP contribution in [0, 0.1) is 0 Å². The van der Waals surface area contributed by atoms with E-state index in [0.717, 1.165) is 0 Å². The molecule has 376 valence electrons. The molecule has 0 atom stereocenters. The molecule has 13 aromatic carbocycles. The molecule has 0 N–H and O–H groups in total. The fourth-order valence-electron chi connectivity index (χ4n) is 14.0. The van der Waals surface area contributed by atoms with Gasteiger partial charge in [0, 0.05) is 10.8 Å². The maximum absolute atomic E-state index is 2.47. The van der Waals surface area contributed by atoms with Crippen LogP contribution in [-0.4, -0.2) is 0 Å². The zero-order valence-corrected chi connectivity index (χ0v) is 45.4. The van der Waals surface area contributed by atoms with Gasteiger partial charge in [0.05, 0.1) is 0 Å². The Hall–Kier alpha value is -9.62. The van der Waals surface area contributed by atoms with Gasteiger partial charge in [-0.1, -0.05) is 264 Å². The van der Waals surface area contributed by atoms with Gasteiger partial charge in [-0.15, -0.1) is 0 Å². The Morgan fingerprint density at radius 3 is 0.912 bits per heavy atom. The lowest BCUT2D eigenvalue weighted by atomic mass is 9.79. The summed E-state index contributed by atoms with van der Waals surface area (Å²) in [6, 6.07) is 100. The second-order valence-corrected chi connectivity index (χ2v) is 23.6. The van der Waals surface area contributed by atoms with Gasteiger partial charge in [-0.3, -0.25) is 0 Å². The third-order valence-electron chi connectivity index (χ3n) is 18.5. The van der Waals surface area contributed by atoms with Crippen molar-refractivity contribution in [3.63, 3.8) is 0 Å². The van der Waals surface area contributed by atoms with Crippen LogP contribution in [0.3, 0.4) is 0 Å². The lowest BCUT2D eigenvalue weighted by molar-refractivity contribution is 0.660. The molecule has 13 aromatic rings. The maximum Gasteiger partial charge on any atom is 0.0159 e. The average molecular weight is 1020 g/mol. The SMILES string of the molecule is CC1(C)c2cc(-c3ccc(-c4ccc(-c5ccc(-c6ccc7c8c(cccc68)-c6ccccc6-7)cc5)cc4)cc3)ccc2-c2ccc(-c3ccc4c(c3)C(C)(C)c3cc(-c5ccc(-c6ccc7ccccc7c6)cc5)ccc3-4)cc21. The van der Waals surface area contributed by atoms with E-state index < -0.39 is 0 Å². The third-order valence-corrected chi connectivity index (χ3v) is 18.5. The van der Waals surface area contributed by atoms with Gasteiger partial charge in [0.2, 0.25) is 0 Å². The van der Waals surface area contributed by atoms with Gasteiger partial charge in [-0.05, 0) is 197 Å². The summed E-state index contributed by atoms with van der Waals surface area (Å²) in [4.78, 5) is 0. The van der Waals surface area contributed by atoms with Crippen molar-refractivity contribution in [3.8, 4) is 122 Å². The van der Waals surface area contributed by atoms with Gasteiger partial charge in [0.1, 0.15) is 0 Å². The van der Waals surface area contributed by atoms with Crippen molar-refractivity contribution in [3.05, 3.63) is 289 Å². The first-order valence-corrected chi connectivity index (χ1v) is 28.3. The van der Waals surface area contributed by atoms with E-state index in [2.05, 4.69) is 295 Å². The lowest BCUT2D eigenvalue weighted by Crippen LogP contribution is -2.15. The molecule has 16 rings (SSSR count). The van der Waals surface area contributed by atoms with Crippen molar-refractivity contribution < 1.29 is 0 Å². The van der Waals surface area contributed by atoms with E-state index in [1.165, 1.54) is 166 Å². The topological polar surface area (TPSA) is 0 Å². The van der Waals surface area contributed by atoms with Crippen molar-refractivity contribution >= 4 is 21.5 Å². The van der Waals surface area contributed by atoms with E-state index in [9.17, 15) is 0 Å². The molecule has 0 radical (unpaired) electrons. The first kappa shape index (κ1) is 46.5. The summed E-state index contributed by atoms with van der Waals surface area (Å²) in [5.74, 6) is 0. The molecule has 0 unspecified atom stereocenters. The second-order valence-electron chi connectivity index (χ2n) is 23.6. The molecule has 0 heterocycles. The van der Waals surface area contributed by atoms with Crippen LogP contribution in [-0.2, 0) is 10.8 Å². The zero-order valence-electron chi connectivity index (χ0n) is 45.4. The van der Waals surface area contributed by atoms with Crippen LogP contribution in [0.5, 0.6) is 0 Å². The first-order chi connectivity index (χ1) is 39.1. The first-order valence-electron chi connectivity index (χ1n) is 28.3. The van der Waals surface area contributed by atoms with Crippen LogP contribution < -0.4 is 0 Å². The fourth-order valence-corrected chi connectivity index (χ4v) is 14.0. The molecule has 3 aliphatic rings. The predicted octanol–water partition coefficient (Wildman–Crippen LogP) is 21.9. The summed E-state index contributed by atoms with van der Waals surface area (Å²) < 4.78 is 0. The highest BCUT2D eigenvalue weighted by Gasteiger charge is 2.38. The van der Waals surface area contributed by atoms with Gasteiger partial charge < -0.3 is 0 Å². The number of benzene rings is 13. The van der Waals surface area contributed by atoms with Crippen LogP contribution >= 0.6 is 0 Å². The van der Waals surface area contributed by atoms with E-state index in [0.29, 0.717) is 0 Å². The van der Waals surface area contributed by atoms with Crippen LogP contribution in [0.25, 0.3) is 144 Å². The predicted molar refractivity (Wildman–Crippen MR) is 339 cm³/mol. The van der Waals surface area contributed by atoms with Crippen molar-refractivity contribution in [2.75, 3.05) is 0 Å². The Bertz CT molecular complexity index is 4670. The monoisotopic (exact) mass is 1020 g/mol. The van der Waals surface area contributed by atoms with Crippen LogP contribution in [0.15, 0.2) is 267 Å². The molecule has 0 saturated heterocycles. The normalized spacial score (nSPS) is 13.7. The quantitative estimate of drug-likeness (QED) is 0.149. The maximum atomic E-state index is 2.47. The summed E-state index contributed by atoms with van der Waals surface area (Å²) in [5, 5.41) is 5.22. The van der Waals surface area contributed by atoms with Crippen molar-refractivity contribution in [1.82, 2.24) is 0 Å². The van der Waals surface area contributed by atoms with Gasteiger partial charge in [0.15, 0.2) is 0 Å². The molecule has 0 bridgehead atoms. The van der Waals surface area contributed by atoms with E-state index >= 15 is 0 Å². The Morgan fingerprint density at radius 2 is 0.475 bits per heavy atom. The van der Waals surface area contributed by atoms with Crippen molar-refractivity contribution in [2.45, 2.75) is 38.5 Å². The molecule has 0 heteroatoms.